The number of rotatable bonds is 4. The third-order valence-electron chi connectivity index (χ3n) is 2.86. The minimum atomic E-state index is 0.389. The highest BCUT2D eigenvalue weighted by atomic mass is 16.4. The van der Waals surface area contributed by atoms with Gasteiger partial charge in [-0.3, -0.25) is 0 Å². The molecule has 0 saturated carbocycles. The molecule has 0 aliphatic heterocycles. The van der Waals surface area contributed by atoms with E-state index >= 15 is 0 Å². The molecule has 0 spiro atoms. The Morgan fingerprint density at radius 3 is 2.79 bits per heavy atom. The van der Waals surface area contributed by atoms with Crippen molar-refractivity contribution in [1.82, 2.24) is 10.2 Å². The summed E-state index contributed by atoms with van der Waals surface area (Å²) < 4.78 is 5.46. The lowest BCUT2D eigenvalue weighted by molar-refractivity contribution is 0.510. The fraction of sp³-hybridized carbons (Fsp3) is 0.143. The number of fused-ring (bicyclic) bond motifs is 1. The molecular formula is C14H14N4O. The first-order valence-corrected chi connectivity index (χ1v) is 6.14. The molecule has 96 valence electrons. The van der Waals surface area contributed by atoms with Crippen molar-refractivity contribution in [3.8, 4) is 0 Å². The van der Waals surface area contributed by atoms with E-state index in [1.165, 1.54) is 0 Å². The van der Waals surface area contributed by atoms with Crippen molar-refractivity contribution < 1.29 is 4.42 Å². The summed E-state index contributed by atoms with van der Waals surface area (Å²) in [6.45, 7) is 0.496. The summed E-state index contributed by atoms with van der Waals surface area (Å²) in [6.07, 6.45) is 0.588. The predicted octanol–water partition coefficient (Wildman–Crippen LogP) is 2.47. The van der Waals surface area contributed by atoms with E-state index in [0.717, 1.165) is 16.5 Å². The second-order valence-corrected chi connectivity index (χ2v) is 4.19. The summed E-state index contributed by atoms with van der Waals surface area (Å²) >= 11 is 0. The minimum absolute atomic E-state index is 0.389. The van der Waals surface area contributed by atoms with E-state index in [2.05, 4.69) is 33.7 Å². The molecule has 0 aliphatic carbocycles. The van der Waals surface area contributed by atoms with E-state index in [1.54, 1.807) is 0 Å². The van der Waals surface area contributed by atoms with E-state index < -0.39 is 0 Å². The van der Waals surface area contributed by atoms with E-state index in [1.807, 2.05) is 24.3 Å². The normalized spacial score (nSPS) is 10.8. The summed E-state index contributed by atoms with van der Waals surface area (Å²) in [5, 5.41) is 13.3. The molecule has 5 nitrogen and oxygen atoms in total. The Morgan fingerprint density at radius 1 is 1.05 bits per heavy atom. The largest absolute Gasteiger partial charge is 0.408 e. The van der Waals surface area contributed by atoms with Gasteiger partial charge in [0, 0.05) is 18.4 Å². The quantitative estimate of drug-likeness (QED) is 0.748. The first kappa shape index (κ1) is 11.7. The molecule has 3 rings (SSSR count). The zero-order chi connectivity index (χ0) is 13.1. The molecule has 1 heterocycles. The van der Waals surface area contributed by atoms with Crippen LogP contribution >= 0.6 is 0 Å². The second-order valence-electron chi connectivity index (χ2n) is 4.19. The van der Waals surface area contributed by atoms with Crippen LogP contribution in [-0.2, 0) is 6.42 Å². The summed E-state index contributed by atoms with van der Waals surface area (Å²) in [7, 11) is 0. The first-order chi connectivity index (χ1) is 9.36. The van der Waals surface area contributed by atoms with Gasteiger partial charge in [-0.1, -0.05) is 41.5 Å². The van der Waals surface area contributed by atoms with Gasteiger partial charge in [0.1, 0.15) is 0 Å². The zero-order valence-electron chi connectivity index (χ0n) is 10.3. The molecule has 0 aliphatic rings. The van der Waals surface area contributed by atoms with E-state index in [9.17, 15) is 0 Å². The topological polar surface area (TPSA) is 77.0 Å². The lowest BCUT2D eigenvalue weighted by atomic mass is 10.1. The third kappa shape index (κ3) is 2.41. The van der Waals surface area contributed by atoms with Crippen LogP contribution in [0.3, 0.4) is 0 Å². The van der Waals surface area contributed by atoms with Crippen LogP contribution < -0.4 is 11.1 Å². The molecule has 2 aromatic carbocycles. The minimum Gasteiger partial charge on any atom is -0.408 e. The van der Waals surface area contributed by atoms with Gasteiger partial charge in [-0.2, -0.15) is 0 Å². The van der Waals surface area contributed by atoms with Crippen LogP contribution in [-0.4, -0.2) is 16.7 Å². The summed E-state index contributed by atoms with van der Waals surface area (Å²) in [5.74, 6) is 0.547. The van der Waals surface area contributed by atoms with E-state index in [-0.39, 0.29) is 0 Å². The van der Waals surface area contributed by atoms with Gasteiger partial charge in [0.25, 0.3) is 0 Å². The molecule has 19 heavy (non-hydrogen) atoms. The molecule has 1 aromatic heterocycles. The summed E-state index contributed by atoms with van der Waals surface area (Å²) in [6, 6.07) is 14.5. The van der Waals surface area contributed by atoms with Crippen molar-refractivity contribution in [3.63, 3.8) is 0 Å². The van der Waals surface area contributed by atoms with Crippen LogP contribution in [0, 0.1) is 0 Å². The van der Waals surface area contributed by atoms with Gasteiger partial charge in [0.05, 0.1) is 5.69 Å². The maximum Gasteiger partial charge on any atom is 0.320 e. The van der Waals surface area contributed by atoms with Crippen LogP contribution in [0.1, 0.15) is 5.89 Å². The average molecular weight is 254 g/mol. The highest BCUT2D eigenvalue weighted by Crippen LogP contribution is 2.25. The molecule has 0 bridgehead atoms. The van der Waals surface area contributed by atoms with Crippen LogP contribution in [0.15, 0.2) is 46.9 Å². The van der Waals surface area contributed by atoms with Gasteiger partial charge in [-0.15, -0.1) is 5.10 Å². The van der Waals surface area contributed by atoms with Gasteiger partial charge in [0.15, 0.2) is 0 Å². The SMILES string of the molecule is NCCc1nnc(Nc2cccc3ccccc23)o1. The molecule has 0 atom stereocenters. The second kappa shape index (κ2) is 5.07. The van der Waals surface area contributed by atoms with Crippen molar-refractivity contribution >= 4 is 22.5 Å². The maximum atomic E-state index is 5.46. The molecule has 0 fully saturated rings. The van der Waals surface area contributed by atoms with Gasteiger partial charge < -0.3 is 15.5 Å². The third-order valence-corrected chi connectivity index (χ3v) is 2.86. The van der Waals surface area contributed by atoms with Gasteiger partial charge in [0.2, 0.25) is 5.89 Å². The van der Waals surface area contributed by atoms with Crippen molar-refractivity contribution in [2.75, 3.05) is 11.9 Å². The van der Waals surface area contributed by atoms with Gasteiger partial charge >= 0.3 is 6.01 Å². The molecular weight excluding hydrogens is 240 g/mol. The van der Waals surface area contributed by atoms with Crippen LogP contribution in [0.4, 0.5) is 11.7 Å². The Morgan fingerprint density at radius 2 is 1.89 bits per heavy atom. The number of aromatic nitrogens is 2. The van der Waals surface area contributed by atoms with Gasteiger partial charge in [-0.25, -0.2) is 0 Å². The predicted molar refractivity (Wildman–Crippen MR) is 74.3 cm³/mol. The highest BCUT2D eigenvalue weighted by molar-refractivity contribution is 5.94. The van der Waals surface area contributed by atoms with Crippen molar-refractivity contribution in [1.29, 1.82) is 0 Å². The molecule has 3 N–H and O–H groups in total. The van der Waals surface area contributed by atoms with Crippen LogP contribution in [0.2, 0.25) is 0 Å². The van der Waals surface area contributed by atoms with Crippen molar-refractivity contribution in [2.24, 2.45) is 5.73 Å². The smallest absolute Gasteiger partial charge is 0.320 e. The first-order valence-electron chi connectivity index (χ1n) is 6.14. The summed E-state index contributed by atoms with van der Waals surface area (Å²) in [4.78, 5) is 0. The highest BCUT2D eigenvalue weighted by Gasteiger charge is 2.07. The van der Waals surface area contributed by atoms with E-state index in [4.69, 9.17) is 10.2 Å². The fourth-order valence-corrected chi connectivity index (χ4v) is 1.98. The molecule has 0 saturated heterocycles. The maximum absolute atomic E-state index is 5.46. The number of benzene rings is 2. The Kier molecular flexibility index (Phi) is 3.12. The Balaban J connectivity index is 1.92. The number of nitrogens with one attached hydrogen (secondary N) is 1. The molecule has 0 radical (unpaired) electrons. The van der Waals surface area contributed by atoms with Gasteiger partial charge in [-0.05, 0) is 11.5 Å². The molecule has 0 amide bonds. The zero-order valence-corrected chi connectivity index (χ0v) is 10.3. The Bertz CT molecular complexity index is 687. The number of hydrogen-bond acceptors (Lipinski definition) is 5. The lowest BCUT2D eigenvalue weighted by Crippen LogP contribution is -2.02. The number of nitrogens with two attached hydrogens (primary N) is 1. The molecule has 3 aromatic rings. The Hall–Kier alpha value is -2.40. The van der Waals surface area contributed by atoms with Crippen molar-refractivity contribution in [2.45, 2.75) is 6.42 Å². The summed E-state index contributed by atoms with van der Waals surface area (Å²) in [5.41, 5.74) is 6.39. The van der Waals surface area contributed by atoms with Crippen LogP contribution in [0.5, 0.6) is 0 Å². The number of nitrogens with zero attached hydrogens (tertiary/aromatic N) is 2. The lowest BCUT2D eigenvalue weighted by Gasteiger charge is -2.05. The Labute approximate surface area is 110 Å². The average Bonchev–Trinajstić information content (AvgIpc) is 2.87. The monoisotopic (exact) mass is 254 g/mol. The van der Waals surface area contributed by atoms with Crippen molar-refractivity contribution in [3.05, 3.63) is 48.4 Å². The molecule has 5 heteroatoms. The fourth-order valence-electron chi connectivity index (χ4n) is 1.98. The number of hydrogen-bond donors (Lipinski definition) is 2. The standard InChI is InChI=1S/C14H14N4O/c15-9-8-13-17-18-14(19-13)16-12-7-3-5-10-4-1-2-6-11(10)12/h1-7H,8-9,15H2,(H,16,18). The van der Waals surface area contributed by atoms with E-state index in [0.29, 0.717) is 24.9 Å². The molecule has 0 unspecified atom stereocenters. The number of anilines is 2. The van der Waals surface area contributed by atoms with Crippen LogP contribution in [0.25, 0.3) is 10.8 Å².